The van der Waals surface area contributed by atoms with Gasteiger partial charge in [-0.3, -0.25) is 14.8 Å². The molecule has 0 saturated carbocycles. The highest BCUT2D eigenvalue weighted by Gasteiger charge is 2.22. The lowest BCUT2D eigenvalue weighted by Gasteiger charge is -1.98. The molecule has 0 saturated heterocycles. The molecule has 0 bridgehead atoms. The van der Waals surface area contributed by atoms with Gasteiger partial charge in [0.1, 0.15) is 11.9 Å². The molecule has 2 heterocycles. The number of nitrogens with zero attached hydrogens (tertiary/aromatic N) is 2. The molecule has 1 N–H and O–H groups in total. The summed E-state index contributed by atoms with van der Waals surface area (Å²) in [6.07, 6.45) is 3.36. The first-order valence-electron chi connectivity index (χ1n) is 4.06. The summed E-state index contributed by atoms with van der Waals surface area (Å²) in [4.78, 5) is 19.2. The minimum Gasteiger partial charge on any atom is -0.309 e. The monoisotopic (exact) mass is 175 g/mol. The average molecular weight is 175 g/mol. The second kappa shape index (κ2) is 2.97. The van der Waals surface area contributed by atoms with Gasteiger partial charge in [-0.2, -0.15) is 0 Å². The van der Waals surface area contributed by atoms with Gasteiger partial charge in [0, 0.05) is 18.0 Å². The van der Waals surface area contributed by atoms with Gasteiger partial charge in [-0.1, -0.05) is 0 Å². The van der Waals surface area contributed by atoms with Crippen molar-refractivity contribution in [3.05, 3.63) is 30.1 Å². The second-order valence-corrected chi connectivity index (χ2v) is 2.88. The van der Waals surface area contributed by atoms with E-state index < -0.39 is 0 Å². The molecule has 1 aliphatic heterocycles. The van der Waals surface area contributed by atoms with Crippen molar-refractivity contribution in [2.75, 3.05) is 0 Å². The predicted molar refractivity (Wildman–Crippen MR) is 48.4 cm³/mol. The van der Waals surface area contributed by atoms with E-state index in [-0.39, 0.29) is 11.9 Å². The van der Waals surface area contributed by atoms with Crippen LogP contribution in [0.5, 0.6) is 0 Å². The van der Waals surface area contributed by atoms with E-state index in [1.54, 1.807) is 19.3 Å². The maximum Gasteiger partial charge on any atom is 0.250 e. The topological polar surface area (TPSA) is 54.4 Å². The Morgan fingerprint density at radius 3 is 2.92 bits per heavy atom. The maximum atomic E-state index is 11.1. The van der Waals surface area contributed by atoms with Crippen LogP contribution in [0.15, 0.2) is 29.5 Å². The Bertz CT molecular complexity index is 358. The van der Waals surface area contributed by atoms with E-state index in [4.69, 9.17) is 0 Å². The standard InChI is InChI=1S/C9H9N3O/c1-6-9(13)12-8(11-6)7-3-2-4-10-5-7/h2-6H,1H3,(H,11,12,13). The molecule has 1 atom stereocenters. The van der Waals surface area contributed by atoms with Crippen LogP contribution in [-0.2, 0) is 4.79 Å². The number of nitrogens with one attached hydrogen (secondary N) is 1. The number of hydrogen-bond acceptors (Lipinski definition) is 3. The number of carbonyl (C=O) groups is 1. The molecule has 1 aromatic rings. The average Bonchev–Trinajstić information content (AvgIpc) is 2.49. The number of aliphatic imine (C=N–C) groups is 1. The quantitative estimate of drug-likeness (QED) is 0.669. The molecule has 1 amide bonds. The number of aromatic nitrogens is 1. The molecule has 1 aliphatic rings. The molecule has 1 aromatic heterocycles. The summed E-state index contributed by atoms with van der Waals surface area (Å²) in [5.74, 6) is 0.560. The summed E-state index contributed by atoms with van der Waals surface area (Å²) in [5.41, 5.74) is 0.847. The molecule has 0 aromatic carbocycles. The molecule has 0 spiro atoms. The fourth-order valence-corrected chi connectivity index (χ4v) is 1.16. The van der Waals surface area contributed by atoms with Gasteiger partial charge < -0.3 is 5.32 Å². The van der Waals surface area contributed by atoms with Crippen LogP contribution in [0.1, 0.15) is 12.5 Å². The number of rotatable bonds is 1. The van der Waals surface area contributed by atoms with Crippen molar-refractivity contribution in [1.82, 2.24) is 10.3 Å². The Morgan fingerprint density at radius 1 is 1.54 bits per heavy atom. The summed E-state index contributed by atoms with van der Waals surface area (Å²) in [7, 11) is 0. The fraction of sp³-hybridized carbons (Fsp3) is 0.222. The van der Waals surface area contributed by atoms with E-state index in [1.165, 1.54) is 0 Å². The van der Waals surface area contributed by atoms with Gasteiger partial charge in [0.15, 0.2) is 0 Å². The van der Waals surface area contributed by atoms with E-state index in [1.807, 2.05) is 12.1 Å². The number of hydrogen-bond donors (Lipinski definition) is 1. The van der Waals surface area contributed by atoms with E-state index in [9.17, 15) is 4.79 Å². The van der Waals surface area contributed by atoms with E-state index in [0.717, 1.165) is 5.56 Å². The third-order valence-corrected chi connectivity index (χ3v) is 1.88. The second-order valence-electron chi connectivity index (χ2n) is 2.88. The minimum absolute atomic E-state index is 0.0566. The summed E-state index contributed by atoms with van der Waals surface area (Å²) in [5, 5.41) is 2.69. The smallest absolute Gasteiger partial charge is 0.250 e. The van der Waals surface area contributed by atoms with Gasteiger partial charge in [0.05, 0.1) is 0 Å². The van der Waals surface area contributed by atoms with Crippen molar-refractivity contribution in [3.63, 3.8) is 0 Å². The van der Waals surface area contributed by atoms with Crippen molar-refractivity contribution >= 4 is 11.7 Å². The lowest BCUT2D eigenvalue weighted by atomic mass is 10.3. The van der Waals surface area contributed by atoms with Crippen molar-refractivity contribution < 1.29 is 4.79 Å². The molecule has 0 radical (unpaired) electrons. The Kier molecular flexibility index (Phi) is 1.81. The summed E-state index contributed by atoms with van der Waals surface area (Å²) < 4.78 is 0. The summed E-state index contributed by atoms with van der Waals surface area (Å²) >= 11 is 0. The zero-order chi connectivity index (χ0) is 9.26. The van der Waals surface area contributed by atoms with E-state index >= 15 is 0 Å². The normalized spacial score (nSPS) is 21.2. The SMILES string of the molecule is CC1N=C(c2cccnc2)NC1=O. The summed E-state index contributed by atoms with van der Waals surface area (Å²) in [6, 6.07) is 3.40. The molecule has 0 fully saturated rings. The van der Waals surface area contributed by atoms with Crippen molar-refractivity contribution in [2.45, 2.75) is 13.0 Å². The molecule has 4 heteroatoms. The van der Waals surface area contributed by atoms with Gasteiger partial charge in [0.25, 0.3) is 0 Å². The van der Waals surface area contributed by atoms with Crippen LogP contribution in [0, 0.1) is 0 Å². The van der Waals surface area contributed by atoms with Gasteiger partial charge in [-0.15, -0.1) is 0 Å². The fourth-order valence-electron chi connectivity index (χ4n) is 1.16. The van der Waals surface area contributed by atoms with Crippen molar-refractivity contribution in [3.8, 4) is 0 Å². The van der Waals surface area contributed by atoms with E-state index in [2.05, 4.69) is 15.3 Å². The lowest BCUT2D eigenvalue weighted by molar-refractivity contribution is -0.119. The number of pyridine rings is 1. The summed E-state index contributed by atoms with van der Waals surface area (Å²) in [6.45, 7) is 1.76. The van der Waals surface area contributed by atoms with E-state index in [0.29, 0.717) is 5.84 Å². The highest BCUT2D eigenvalue weighted by atomic mass is 16.2. The van der Waals surface area contributed by atoms with Crippen LogP contribution in [0.25, 0.3) is 0 Å². The van der Waals surface area contributed by atoms with Crippen LogP contribution >= 0.6 is 0 Å². The number of amidine groups is 1. The van der Waals surface area contributed by atoms with Crippen LogP contribution < -0.4 is 5.32 Å². The van der Waals surface area contributed by atoms with Crippen molar-refractivity contribution in [1.29, 1.82) is 0 Å². The van der Waals surface area contributed by atoms with Crippen LogP contribution in [0.2, 0.25) is 0 Å². The first-order chi connectivity index (χ1) is 6.27. The number of amides is 1. The Balaban J connectivity index is 2.30. The Labute approximate surface area is 75.7 Å². The molecule has 4 nitrogen and oxygen atoms in total. The van der Waals surface area contributed by atoms with Crippen LogP contribution in [-0.4, -0.2) is 22.8 Å². The van der Waals surface area contributed by atoms with Gasteiger partial charge in [-0.25, -0.2) is 0 Å². The van der Waals surface area contributed by atoms with Crippen LogP contribution in [0.3, 0.4) is 0 Å². The molecule has 2 rings (SSSR count). The van der Waals surface area contributed by atoms with Crippen molar-refractivity contribution in [2.24, 2.45) is 4.99 Å². The molecule has 66 valence electrons. The Morgan fingerprint density at radius 2 is 2.38 bits per heavy atom. The number of carbonyl (C=O) groups excluding carboxylic acids is 1. The molecule has 13 heavy (non-hydrogen) atoms. The molecule has 1 unspecified atom stereocenters. The zero-order valence-electron chi connectivity index (χ0n) is 7.19. The predicted octanol–water partition coefficient (Wildman–Crippen LogP) is 0.346. The highest BCUT2D eigenvalue weighted by molar-refractivity contribution is 6.13. The van der Waals surface area contributed by atoms with Crippen LogP contribution in [0.4, 0.5) is 0 Å². The highest BCUT2D eigenvalue weighted by Crippen LogP contribution is 2.05. The zero-order valence-corrected chi connectivity index (χ0v) is 7.19. The largest absolute Gasteiger partial charge is 0.309 e. The minimum atomic E-state index is -0.282. The third kappa shape index (κ3) is 1.42. The first kappa shape index (κ1) is 7.91. The first-order valence-corrected chi connectivity index (χ1v) is 4.06. The molecular formula is C9H9N3O. The maximum absolute atomic E-state index is 11.1. The van der Waals surface area contributed by atoms with Gasteiger partial charge in [-0.05, 0) is 19.1 Å². The molecule has 0 aliphatic carbocycles. The Hall–Kier alpha value is -1.71. The molecular weight excluding hydrogens is 166 g/mol. The lowest BCUT2D eigenvalue weighted by Crippen LogP contribution is -2.27. The van der Waals surface area contributed by atoms with Gasteiger partial charge in [0.2, 0.25) is 5.91 Å². The third-order valence-electron chi connectivity index (χ3n) is 1.88. The van der Waals surface area contributed by atoms with Gasteiger partial charge >= 0.3 is 0 Å².